The Morgan fingerprint density at radius 1 is 1.33 bits per heavy atom. The monoisotopic (exact) mass is 421 g/mol. The van der Waals surface area contributed by atoms with Crippen molar-refractivity contribution >= 4 is 40.0 Å². The van der Waals surface area contributed by atoms with E-state index in [2.05, 4.69) is 20.3 Å². The Morgan fingerprint density at radius 3 is 2.59 bits per heavy atom. The first-order chi connectivity index (χ1) is 12.5. The Hall–Kier alpha value is -2.41. The van der Waals surface area contributed by atoms with Crippen LogP contribution in [0.1, 0.15) is 21.1 Å². The van der Waals surface area contributed by atoms with Gasteiger partial charge in [-0.05, 0) is 6.92 Å². The summed E-state index contributed by atoms with van der Waals surface area (Å²) >= 11 is 1.63. The normalized spacial score (nSPS) is 11.3. The van der Waals surface area contributed by atoms with Crippen molar-refractivity contribution in [3.05, 3.63) is 32.7 Å². The fraction of sp³-hybridized carbons (Fsp3) is 0.357. The summed E-state index contributed by atoms with van der Waals surface area (Å²) in [6, 6.07) is 0.339. The number of rotatable bonds is 5. The highest BCUT2D eigenvalue weighted by molar-refractivity contribution is 7.99. The molecule has 2 aromatic heterocycles. The van der Waals surface area contributed by atoms with E-state index < -0.39 is 23.3 Å². The lowest BCUT2D eigenvalue weighted by atomic mass is 10.3. The Morgan fingerprint density at radius 2 is 2.00 bits per heavy atom. The van der Waals surface area contributed by atoms with Gasteiger partial charge in [-0.15, -0.1) is 0 Å². The van der Waals surface area contributed by atoms with Crippen molar-refractivity contribution in [2.75, 3.05) is 25.2 Å². The second-order valence-electron chi connectivity index (χ2n) is 5.40. The van der Waals surface area contributed by atoms with Crippen molar-refractivity contribution in [2.45, 2.75) is 18.3 Å². The second kappa shape index (κ2) is 8.08. The van der Waals surface area contributed by atoms with E-state index in [1.807, 2.05) is 0 Å². The van der Waals surface area contributed by atoms with E-state index in [0.717, 1.165) is 11.3 Å². The fourth-order valence-electron chi connectivity index (χ4n) is 1.79. The molecule has 0 saturated carbocycles. The van der Waals surface area contributed by atoms with Gasteiger partial charge in [0.15, 0.2) is 16.0 Å². The Balaban J connectivity index is 2.03. The molecule has 2 rings (SSSR count). The lowest BCUT2D eigenvalue weighted by molar-refractivity contribution is -0.141. The summed E-state index contributed by atoms with van der Waals surface area (Å²) < 4.78 is 38.0. The van der Waals surface area contributed by atoms with Gasteiger partial charge in [-0.25, -0.2) is 9.97 Å². The van der Waals surface area contributed by atoms with Crippen molar-refractivity contribution in [1.82, 2.24) is 19.9 Å². The molecule has 13 heteroatoms. The lowest BCUT2D eigenvalue weighted by Crippen LogP contribution is -2.21. The van der Waals surface area contributed by atoms with E-state index in [1.165, 1.54) is 4.90 Å². The molecule has 0 saturated heterocycles. The molecule has 2 N–H and O–H groups in total. The summed E-state index contributed by atoms with van der Waals surface area (Å²) in [6.07, 6.45) is -4.76. The summed E-state index contributed by atoms with van der Waals surface area (Å²) in [5.41, 5.74) is -1.86. The molecule has 0 aromatic carbocycles. The molecule has 0 unspecified atom stereocenters. The van der Waals surface area contributed by atoms with Gasteiger partial charge in [0.05, 0.1) is 11.4 Å². The number of nitrogens with one attached hydrogen (secondary N) is 2. The number of carbonyl (C=O) groups is 2. The number of aryl methyl sites for hydroxylation is 1. The van der Waals surface area contributed by atoms with Gasteiger partial charge in [0.2, 0.25) is 5.91 Å². The predicted octanol–water partition coefficient (Wildman–Crippen LogP) is 1.99. The van der Waals surface area contributed by atoms with Crippen LogP contribution in [0, 0.1) is 6.92 Å². The third-order valence-electron chi connectivity index (χ3n) is 2.99. The number of anilines is 1. The van der Waals surface area contributed by atoms with E-state index in [-0.39, 0.29) is 21.9 Å². The average Bonchev–Trinajstić information content (AvgIpc) is 2.91. The van der Waals surface area contributed by atoms with E-state index >= 15 is 0 Å². The molecule has 146 valence electrons. The van der Waals surface area contributed by atoms with Crippen LogP contribution in [-0.4, -0.2) is 51.5 Å². The number of thioether (sulfide) groups is 1. The Kier molecular flexibility index (Phi) is 6.26. The molecule has 0 radical (unpaired) electrons. The molecule has 8 nitrogen and oxygen atoms in total. The SMILES string of the molecule is Cc1nc(NC(=O)CSc2nc(C(F)(F)F)cc(=O)[nH]2)sc1C(=O)N(C)C. The average molecular weight is 421 g/mol. The Labute approximate surface area is 159 Å². The summed E-state index contributed by atoms with van der Waals surface area (Å²) in [5, 5.41) is 2.32. The first kappa shape index (κ1) is 20.9. The molecule has 0 aliphatic heterocycles. The number of aromatic nitrogens is 3. The number of aromatic amines is 1. The van der Waals surface area contributed by atoms with Gasteiger partial charge in [0.1, 0.15) is 4.88 Å². The van der Waals surface area contributed by atoms with Crippen LogP contribution in [0.3, 0.4) is 0 Å². The maximum absolute atomic E-state index is 12.7. The van der Waals surface area contributed by atoms with Gasteiger partial charge in [0.25, 0.3) is 11.5 Å². The first-order valence-electron chi connectivity index (χ1n) is 7.27. The topological polar surface area (TPSA) is 108 Å². The number of halogens is 3. The number of amides is 2. The number of thiazole rings is 1. The fourth-order valence-corrected chi connectivity index (χ4v) is 3.47. The number of hydrogen-bond donors (Lipinski definition) is 2. The maximum Gasteiger partial charge on any atom is 0.433 e. The highest BCUT2D eigenvalue weighted by Gasteiger charge is 2.33. The second-order valence-corrected chi connectivity index (χ2v) is 7.37. The molecule has 0 spiro atoms. The van der Waals surface area contributed by atoms with E-state index in [0.29, 0.717) is 28.4 Å². The molecular formula is C14H14F3N5O3S2. The van der Waals surface area contributed by atoms with Crippen LogP contribution in [0.15, 0.2) is 16.0 Å². The minimum absolute atomic E-state index is 0.189. The molecule has 0 fully saturated rings. The van der Waals surface area contributed by atoms with E-state index in [1.54, 1.807) is 21.0 Å². The van der Waals surface area contributed by atoms with Crippen molar-refractivity contribution in [2.24, 2.45) is 0 Å². The van der Waals surface area contributed by atoms with Crippen molar-refractivity contribution in [1.29, 1.82) is 0 Å². The van der Waals surface area contributed by atoms with Gasteiger partial charge in [-0.2, -0.15) is 13.2 Å². The van der Waals surface area contributed by atoms with Crippen LogP contribution in [-0.2, 0) is 11.0 Å². The number of nitrogens with zero attached hydrogens (tertiary/aromatic N) is 3. The van der Waals surface area contributed by atoms with Crippen LogP contribution in [0.4, 0.5) is 18.3 Å². The molecule has 0 bridgehead atoms. The van der Waals surface area contributed by atoms with Gasteiger partial charge in [-0.3, -0.25) is 14.4 Å². The first-order valence-corrected chi connectivity index (χ1v) is 9.08. The molecule has 0 atom stereocenters. The zero-order valence-corrected chi connectivity index (χ0v) is 15.9. The molecule has 2 heterocycles. The zero-order valence-electron chi connectivity index (χ0n) is 14.3. The summed E-state index contributed by atoms with van der Waals surface area (Å²) in [7, 11) is 3.17. The van der Waals surface area contributed by atoms with Crippen LogP contribution in [0.5, 0.6) is 0 Å². The third kappa shape index (κ3) is 5.53. The van der Waals surface area contributed by atoms with Crippen LogP contribution in [0.2, 0.25) is 0 Å². The van der Waals surface area contributed by atoms with Crippen molar-refractivity contribution < 1.29 is 22.8 Å². The number of H-pyrrole nitrogens is 1. The van der Waals surface area contributed by atoms with Crippen molar-refractivity contribution in [3.8, 4) is 0 Å². The van der Waals surface area contributed by atoms with Crippen molar-refractivity contribution in [3.63, 3.8) is 0 Å². The minimum atomic E-state index is -4.76. The zero-order chi connectivity index (χ0) is 20.4. The largest absolute Gasteiger partial charge is 0.433 e. The molecule has 2 aromatic rings. The number of hydrogen-bond acceptors (Lipinski definition) is 7. The number of carbonyl (C=O) groups excluding carboxylic acids is 2. The van der Waals surface area contributed by atoms with Gasteiger partial charge >= 0.3 is 6.18 Å². The lowest BCUT2D eigenvalue weighted by Gasteiger charge is -2.07. The van der Waals surface area contributed by atoms with Crippen LogP contribution >= 0.6 is 23.1 Å². The smallest absolute Gasteiger partial charge is 0.344 e. The third-order valence-corrected chi connectivity index (χ3v) is 4.93. The highest BCUT2D eigenvalue weighted by atomic mass is 32.2. The summed E-state index contributed by atoms with van der Waals surface area (Å²) in [4.78, 5) is 46.5. The summed E-state index contributed by atoms with van der Waals surface area (Å²) in [5.74, 6) is -1.14. The summed E-state index contributed by atoms with van der Waals surface area (Å²) in [6.45, 7) is 1.62. The molecule has 2 amide bonds. The number of alkyl halides is 3. The quantitative estimate of drug-likeness (QED) is 0.565. The predicted molar refractivity (Wildman–Crippen MR) is 94.1 cm³/mol. The van der Waals surface area contributed by atoms with Crippen LogP contribution in [0.25, 0.3) is 0 Å². The Bertz CT molecular complexity index is 923. The van der Waals surface area contributed by atoms with Gasteiger partial charge in [0, 0.05) is 20.2 Å². The molecule has 0 aliphatic rings. The maximum atomic E-state index is 12.7. The minimum Gasteiger partial charge on any atom is -0.344 e. The van der Waals surface area contributed by atoms with E-state index in [9.17, 15) is 27.6 Å². The van der Waals surface area contributed by atoms with E-state index in [4.69, 9.17) is 0 Å². The standard InChI is InChI=1S/C14H14F3N5O3S2/c1-6-10(11(25)22(2)3)27-13(18-6)21-9(24)5-26-12-19-7(14(15,16)17)4-8(23)20-12/h4H,5H2,1-3H3,(H,18,21,24)(H,19,20,23). The van der Waals surface area contributed by atoms with Gasteiger partial charge < -0.3 is 15.2 Å². The molecule has 0 aliphatic carbocycles. The molecular weight excluding hydrogens is 407 g/mol. The molecule has 27 heavy (non-hydrogen) atoms. The van der Waals surface area contributed by atoms with Gasteiger partial charge in [-0.1, -0.05) is 23.1 Å². The van der Waals surface area contributed by atoms with Crippen LogP contribution < -0.4 is 10.9 Å². The highest BCUT2D eigenvalue weighted by Crippen LogP contribution is 2.28.